The number of anilines is 2. The Labute approximate surface area is 174 Å². The Balaban J connectivity index is 1.51. The van der Waals surface area contributed by atoms with Gasteiger partial charge in [0.1, 0.15) is 0 Å². The van der Waals surface area contributed by atoms with Crippen LogP contribution in [-0.2, 0) is 6.42 Å². The number of ether oxygens (including phenoxy) is 2. The molecule has 0 saturated heterocycles. The van der Waals surface area contributed by atoms with E-state index in [1.54, 1.807) is 60.8 Å². The van der Waals surface area contributed by atoms with Crippen molar-refractivity contribution in [2.24, 2.45) is 0 Å². The van der Waals surface area contributed by atoms with Crippen LogP contribution in [0.4, 0.5) is 11.4 Å². The molecular weight excluding hydrogens is 382 g/mol. The molecule has 0 saturated carbocycles. The van der Waals surface area contributed by atoms with Gasteiger partial charge in [-0.1, -0.05) is 0 Å². The van der Waals surface area contributed by atoms with Gasteiger partial charge in [-0.3, -0.25) is 14.6 Å². The zero-order valence-corrected chi connectivity index (χ0v) is 16.7. The van der Waals surface area contributed by atoms with Crippen molar-refractivity contribution in [3.8, 4) is 11.5 Å². The number of carbonyl (C=O) groups is 2. The highest BCUT2D eigenvalue weighted by Crippen LogP contribution is 2.32. The summed E-state index contributed by atoms with van der Waals surface area (Å²) in [6, 6.07) is 14.1. The van der Waals surface area contributed by atoms with Crippen molar-refractivity contribution in [1.82, 2.24) is 4.98 Å². The van der Waals surface area contributed by atoms with Crippen molar-refractivity contribution in [1.29, 1.82) is 0 Å². The first-order valence-electron chi connectivity index (χ1n) is 9.49. The van der Waals surface area contributed by atoms with E-state index in [9.17, 15) is 9.59 Å². The van der Waals surface area contributed by atoms with E-state index in [0.717, 1.165) is 17.7 Å². The van der Waals surface area contributed by atoms with E-state index in [-0.39, 0.29) is 11.8 Å². The maximum absolute atomic E-state index is 12.8. The third-order valence-electron chi connectivity index (χ3n) is 5.03. The molecule has 7 heteroatoms. The van der Waals surface area contributed by atoms with Gasteiger partial charge < -0.3 is 19.7 Å². The minimum absolute atomic E-state index is 0.0797. The number of rotatable bonds is 5. The molecule has 2 aromatic carbocycles. The number of hydrogen-bond acceptors (Lipinski definition) is 5. The van der Waals surface area contributed by atoms with Gasteiger partial charge in [0.05, 0.1) is 19.8 Å². The van der Waals surface area contributed by atoms with E-state index in [1.165, 1.54) is 7.11 Å². The number of aromatic nitrogens is 1. The van der Waals surface area contributed by atoms with Crippen LogP contribution in [0.1, 0.15) is 26.3 Å². The number of nitrogens with one attached hydrogen (secondary N) is 1. The third kappa shape index (κ3) is 3.69. The smallest absolute Gasteiger partial charge is 0.259 e. The lowest BCUT2D eigenvalue weighted by Crippen LogP contribution is -2.28. The molecule has 1 aliphatic rings. The summed E-state index contributed by atoms with van der Waals surface area (Å²) >= 11 is 0. The van der Waals surface area contributed by atoms with Crippen molar-refractivity contribution < 1.29 is 19.1 Å². The van der Waals surface area contributed by atoms with Crippen LogP contribution in [0.3, 0.4) is 0 Å². The van der Waals surface area contributed by atoms with E-state index in [2.05, 4.69) is 10.3 Å². The largest absolute Gasteiger partial charge is 0.493 e. The predicted octanol–water partition coefficient (Wildman–Crippen LogP) is 3.55. The number of methoxy groups -OCH3 is 2. The van der Waals surface area contributed by atoms with E-state index in [0.29, 0.717) is 34.9 Å². The summed E-state index contributed by atoms with van der Waals surface area (Å²) < 4.78 is 10.5. The fourth-order valence-corrected chi connectivity index (χ4v) is 3.52. The maximum atomic E-state index is 12.8. The number of nitrogens with zero attached hydrogens (tertiary/aromatic N) is 2. The average molecular weight is 403 g/mol. The maximum Gasteiger partial charge on any atom is 0.259 e. The quantitative estimate of drug-likeness (QED) is 0.705. The van der Waals surface area contributed by atoms with Crippen LogP contribution in [0.25, 0.3) is 0 Å². The Kier molecular flexibility index (Phi) is 5.34. The van der Waals surface area contributed by atoms with Crippen molar-refractivity contribution in [2.75, 3.05) is 31.0 Å². The van der Waals surface area contributed by atoms with Crippen molar-refractivity contribution in [3.05, 3.63) is 77.6 Å². The van der Waals surface area contributed by atoms with E-state index in [4.69, 9.17) is 9.47 Å². The van der Waals surface area contributed by atoms with Gasteiger partial charge in [0, 0.05) is 35.9 Å². The van der Waals surface area contributed by atoms with Gasteiger partial charge in [-0.25, -0.2) is 0 Å². The summed E-state index contributed by atoms with van der Waals surface area (Å²) in [7, 11) is 3.07. The second-order valence-corrected chi connectivity index (χ2v) is 6.82. The normalized spacial score (nSPS) is 12.3. The molecule has 30 heavy (non-hydrogen) atoms. The van der Waals surface area contributed by atoms with E-state index in [1.807, 2.05) is 12.1 Å². The van der Waals surface area contributed by atoms with Crippen molar-refractivity contribution in [2.45, 2.75) is 6.42 Å². The zero-order chi connectivity index (χ0) is 21.1. The second-order valence-electron chi connectivity index (χ2n) is 6.82. The molecule has 0 unspecified atom stereocenters. The van der Waals surface area contributed by atoms with E-state index >= 15 is 0 Å². The molecule has 0 radical (unpaired) electrons. The SMILES string of the molecule is COc1ccc(C(=O)Nc2ccc3c(c2)CCN3C(=O)c2cccnc2)cc1OC. The number of amides is 2. The van der Waals surface area contributed by atoms with Crippen LogP contribution in [-0.4, -0.2) is 37.6 Å². The standard InChI is InChI=1S/C23H21N3O4/c1-29-20-8-5-16(13-21(20)30-2)22(27)25-18-6-7-19-15(12-18)9-11-26(19)23(28)17-4-3-10-24-14-17/h3-8,10,12-14H,9,11H2,1-2H3,(H,25,27). The average Bonchev–Trinajstić information content (AvgIpc) is 3.21. The topological polar surface area (TPSA) is 80.8 Å². The second kappa shape index (κ2) is 8.24. The first kappa shape index (κ1) is 19.4. The summed E-state index contributed by atoms with van der Waals surface area (Å²) in [6.07, 6.45) is 3.93. The van der Waals surface area contributed by atoms with E-state index < -0.39 is 0 Å². The molecule has 7 nitrogen and oxygen atoms in total. The number of fused-ring (bicyclic) bond motifs is 1. The molecule has 0 fully saturated rings. The fraction of sp³-hybridized carbons (Fsp3) is 0.174. The van der Waals surface area contributed by atoms with Gasteiger partial charge in [-0.15, -0.1) is 0 Å². The number of pyridine rings is 1. The Hall–Kier alpha value is -3.87. The summed E-state index contributed by atoms with van der Waals surface area (Å²) in [5, 5.41) is 2.90. The molecule has 4 rings (SSSR count). The molecule has 0 atom stereocenters. The molecule has 152 valence electrons. The summed E-state index contributed by atoms with van der Waals surface area (Å²) in [5.41, 5.74) is 3.55. The van der Waals surface area contributed by atoms with Gasteiger partial charge in [0.25, 0.3) is 11.8 Å². The number of benzene rings is 2. The van der Waals surface area contributed by atoms with Crippen molar-refractivity contribution >= 4 is 23.2 Å². The Morgan fingerprint density at radius 1 is 1.00 bits per heavy atom. The summed E-state index contributed by atoms with van der Waals surface area (Å²) in [4.78, 5) is 31.2. The minimum atomic E-state index is -0.253. The lowest BCUT2D eigenvalue weighted by molar-refractivity contribution is 0.0987. The lowest BCUT2D eigenvalue weighted by atomic mass is 10.1. The lowest BCUT2D eigenvalue weighted by Gasteiger charge is -2.17. The molecular formula is C23H21N3O4. The first-order chi connectivity index (χ1) is 14.6. The Bertz CT molecular complexity index is 1100. The van der Waals surface area contributed by atoms with Gasteiger partial charge >= 0.3 is 0 Å². The predicted molar refractivity (Wildman–Crippen MR) is 114 cm³/mol. The highest BCUT2D eigenvalue weighted by molar-refractivity contribution is 6.08. The van der Waals surface area contributed by atoms with Crippen molar-refractivity contribution in [3.63, 3.8) is 0 Å². The molecule has 2 amide bonds. The first-order valence-corrected chi connectivity index (χ1v) is 9.49. The third-order valence-corrected chi connectivity index (χ3v) is 5.03. The minimum Gasteiger partial charge on any atom is -0.493 e. The highest BCUT2D eigenvalue weighted by Gasteiger charge is 2.26. The van der Waals surface area contributed by atoms with Crippen LogP contribution in [0.15, 0.2) is 60.9 Å². The molecule has 1 N–H and O–H groups in total. The molecule has 0 aliphatic carbocycles. The summed E-state index contributed by atoms with van der Waals surface area (Å²) in [6.45, 7) is 0.593. The zero-order valence-electron chi connectivity index (χ0n) is 16.7. The van der Waals surface area contributed by atoms with Crippen LogP contribution >= 0.6 is 0 Å². The van der Waals surface area contributed by atoms with Gasteiger partial charge in [0.15, 0.2) is 11.5 Å². The highest BCUT2D eigenvalue weighted by atomic mass is 16.5. The fourth-order valence-electron chi connectivity index (χ4n) is 3.52. The number of carbonyl (C=O) groups excluding carboxylic acids is 2. The van der Waals surface area contributed by atoms with Crippen LogP contribution in [0.2, 0.25) is 0 Å². The van der Waals surface area contributed by atoms with Gasteiger partial charge in [0.2, 0.25) is 0 Å². The molecule has 2 heterocycles. The molecule has 3 aromatic rings. The Morgan fingerprint density at radius 3 is 2.57 bits per heavy atom. The Morgan fingerprint density at radius 2 is 1.83 bits per heavy atom. The van der Waals surface area contributed by atoms with Gasteiger partial charge in [-0.2, -0.15) is 0 Å². The number of hydrogen-bond donors (Lipinski definition) is 1. The van der Waals surface area contributed by atoms with Gasteiger partial charge in [-0.05, 0) is 60.5 Å². The summed E-state index contributed by atoms with van der Waals surface area (Å²) in [5.74, 6) is 0.717. The molecule has 1 aliphatic heterocycles. The molecule has 0 bridgehead atoms. The van der Waals surface area contributed by atoms with Crippen LogP contribution in [0, 0.1) is 0 Å². The molecule has 1 aromatic heterocycles. The monoisotopic (exact) mass is 403 g/mol. The van der Waals surface area contributed by atoms with Crippen LogP contribution < -0.4 is 19.7 Å². The molecule has 0 spiro atoms. The van der Waals surface area contributed by atoms with Crippen LogP contribution in [0.5, 0.6) is 11.5 Å².